The third-order valence-electron chi connectivity index (χ3n) is 3.85. The maximum atomic E-state index is 12.3. The molecule has 1 N–H and O–H groups in total. The van der Waals surface area contributed by atoms with Gasteiger partial charge >= 0.3 is 0 Å². The summed E-state index contributed by atoms with van der Waals surface area (Å²) < 4.78 is 0. The van der Waals surface area contributed by atoms with E-state index in [0.717, 1.165) is 5.56 Å². The molecule has 0 fully saturated rings. The maximum Gasteiger partial charge on any atom is 0.281 e. The first-order valence-corrected chi connectivity index (χ1v) is 8.85. The number of carbonyl (C=O) groups is 2. The van der Waals surface area contributed by atoms with Gasteiger partial charge in [0.2, 0.25) is 0 Å². The second kappa shape index (κ2) is 7.49. The Morgan fingerprint density at radius 3 is 2.44 bits per heavy atom. The van der Waals surface area contributed by atoms with E-state index < -0.39 is 5.91 Å². The second-order valence-corrected chi connectivity index (χ2v) is 6.80. The van der Waals surface area contributed by atoms with Crippen LogP contribution in [0, 0.1) is 6.92 Å². The highest BCUT2D eigenvalue weighted by molar-refractivity contribution is 8.14. The summed E-state index contributed by atoms with van der Waals surface area (Å²) in [6.07, 6.45) is 0.168. The number of benzene rings is 2. The van der Waals surface area contributed by atoms with E-state index in [2.05, 4.69) is 4.99 Å². The number of hydrogen-bond acceptors (Lipinski definition) is 4. The number of aliphatic hydroxyl groups excluding tert-OH is 1. The Kier molecular flexibility index (Phi) is 5.14. The molecule has 3 rings (SSSR count). The van der Waals surface area contributed by atoms with Crippen molar-refractivity contribution in [2.24, 2.45) is 4.99 Å². The summed E-state index contributed by atoms with van der Waals surface area (Å²) in [4.78, 5) is 28.5. The minimum atomic E-state index is -0.472. The number of hydrogen-bond donors (Lipinski definition) is 1. The highest BCUT2D eigenvalue weighted by atomic mass is 32.2. The van der Waals surface area contributed by atoms with E-state index in [0.29, 0.717) is 16.2 Å². The van der Waals surface area contributed by atoms with Crippen molar-refractivity contribution in [2.45, 2.75) is 13.3 Å². The number of aliphatic imine (C=N–C) groups is 1. The lowest BCUT2D eigenvalue weighted by atomic mass is 10.0. The summed E-state index contributed by atoms with van der Waals surface area (Å²) in [5.74, 6) is -0.322. The molecule has 0 saturated carbocycles. The van der Waals surface area contributed by atoms with Crippen LogP contribution in [0.15, 0.2) is 65.3 Å². The number of nitrogens with zero attached hydrogens (tertiary/aromatic N) is 1. The lowest BCUT2D eigenvalue weighted by molar-refractivity contribution is -0.112. The molecule has 2 aromatic carbocycles. The number of ketones is 1. The van der Waals surface area contributed by atoms with Gasteiger partial charge in [-0.1, -0.05) is 60.2 Å². The molecule has 1 heterocycles. The summed E-state index contributed by atoms with van der Waals surface area (Å²) in [7, 11) is 0. The van der Waals surface area contributed by atoms with Crippen molar-refractivity contribution < 1.29 is 14.7 Å². The molecule has 2 aromatic rings. The van der Waals surface area contributed by atoms with Crippen molar-refractivity contribution in [1.82, 2.24) is 0 Å². The molecule has 1 aliphatic heterocycles. The third kappa shape index (κ3) is 4.06. The van der Waals surface area contributed by atoms with Gasteiger partial charge in [0.25, 0.3) is 5.91 Å². The van der Waals surface area contributed by atoms with Crippen molar-refractivity contribution in [3.05, 3.63) is 77.0 Å². The molecule has 1 aliphatic rings. The van der Waals surface area contributed by atoms with Gasteiger partial charge in [-0.2, -0.15) is 0 Å². The molecule has 0 atom stereocenters. The van der Waals surface area contributed by atoms with Crippen LogP contribution in [0.25, 0.3) is 5.57 Å². The number of amides is 1. The van der Waals surface area contributed by atoms with Crippen molar-refractivity contribution in [1.29, 1.82) is 0 Å². The van der Waals surface area contributed by atoms with E-state index in [1.54, 1.807) is 36.4 Å². The zero-order valence-electron chi connectivity index (χ0n) is 13.7. The number of aryl methyl sites for hydroxylation is 1. The highest BCUT2D eigenvalue weighted by Gasteiger charge is 2.24. The van der Waals surface area contributed by atoms with Crippen LogP contribution in [0.1, 0.15) is 27.9 Å². The number of aliphatic hydroxyl groups is 1. The fourth-order valence-electron chi connectivity index (χ4n) is 2.51. The van der Waals surface area contributed by atoms with E-state index in [1.165, 1.54) is 11.8 Å². The van der Waals surface area contributed by atoms with Crippen LogP contribution in [0.3, 0.4) is 0 Å². The number of dihydropyridines is 1. The summed E-state index contributed by atoms with van der Waals surface area (Å²) in [5, 5.41) is 10.7. The average molecular weight is 351 g/mol. The Balaban J connectivity index is 1.67. The molecule has 1 amide bonds. The minimum Gasteiger partial charge on any atom is -0.511 e. The quantitative estimate of drug-likeness (QED) is 0.838. The average Bonchev–Trinajstić information content (AvgIpc) is 2.61. The number of rotatable bonds is 4. The molecule has 126 valence electrons. The van der Waals surface area contributed by atoms with E-state index >= 15 is 0 Å². The van der Waals surface area contributed by atoms with Crippen LogP contribution >= 0.6 is 11.8 Å². The fourth-order valence-corrected chi connectivity index (χ4v) is 3.36. The minimum absolute atomic E-state index is 0.00325. The molecule has 4 nitrogen and oxygen atoms in total. The zero-order chi connectivity index (χ0) is 17.8. The van der Waals surface area contributed by atoms with Gasteiger partial charge in [-0.15, -0.1) is 11.8 Å². The van der Waals surface area contributed by atoms with E-state index in [-0.39, 0.29) is 29.3 Å². The Labute approximate surface area is 150 Å². The number of carbonyl (C=O) groups excluding carboxylic acids is 2. The summed E-state index contributed by atoms with van der Waals surface area (Å²) in [6.45, 7) is 1.96. The standard InChI is InChI=1S/C20H17NO3S/c1-13-7-9-14(10-8-13)17(23)12-25-18-11-16(22)19(20(24)21-18)15-5-3-2-4-6-15/h2-10,22H,11-12H2,1H3. The van der Waals surface area contributed by atoms with Crippen LogP contribution in [0.2, 0.25) is 0 Å². The Bertz CT molecular complexity index is 868. The van der Waals surface area contributed by atoms with Crippen LogP contribution in [0.4, 0.5) is 0 Å². The summed E-state index contributed by atoms with van der Waals surface area (Å²) in [5.41, 5.74) is 2.60. The maximum absolute atomic E-state index is 12.3. The van der Waals surface area contributed by atoms with Crippen molar-refractivity contribution >= 4 is 34.1 Å². The molecule has 5 heteroatoms. The zero-order valence-corrected chi connectivity index (χ0v) is 14.5. The summed E-state index contributed by atoms with van der Waals surface area (Å²) >= 11 is 1.19. The molecule has 0 aromatic heterocycles. The van der Waals surface area contributed by atoms with E-state index in [9.17, 15) is 14.7 Å². The summed E-state index contributed by atoms with van der Waals surface area (Å²) in [6, 6.07) is 16.3. The molecular weight excluding hydrogens is 334 g/mol. The van der Waals surface area contributed by atoms with E-state index in [4.69, 9.17) is 0 Å². The largest absolute Gasteiger partial charge is 0.511 e. The van der Waals surface area contributed by atoms with Crippen LogP contribution < -0.4 is 0 Å². The topological polar surface area (TPSA) is 66.7 Å². The van der Waals surface area contributed by atoms with Gasteiger partial charge < -0.3 is 5.11 Å². The van der Waals surface area contributed by atoms with E-state index in [1.807, 2.05) is 25.1 Å². The molecule has 0 unspecified atom stereocenters. The lowest BCUT2D eigenvalue weighted by Gasteiger charge is -2.15. The third-order valence-corrected chi connectivity index (χ3v) is 4.83. The van der Waals surface area contributed by atoms with Gasteiger partial charge in [0.1, 0.15) is 5.76 Å². The first kappa shape index (κ1) is 17.2. The first-order valence-electron chi connectivity index (χ1n) is 7.86. The predicted molar refractivity (Wildman–Crippen MR) is 101 cm³/mol. The van der Waals surface area contributed by atoms with Gasteiger partial charge in [0, 0.05) is 5.56 Å². The van der Waals surface area contributed by atoms with Gasteiger partial charge in [-0.25, -0.2) is 4.99 Å². The second-order valence-electron chi connectivity index (χ2n) is 5.75. The molecule has 0 saturated heterocycles. The van der Waals surface area contributed by atoms with Gasteiger partial charge in [0.05, 0.1) is 22.8 Å². The Morgan fingerprint density at radius 1 is 1.12 bits per heavy atom. The molecule has 0 radical (unpaired) electrons. The normalized spacial score (nSPS) is 14.4. The van der Waals surface area contributed by atoms with Crippen molar-refractivity contribution in [3.63, 3.8) is 0 Å². The molecule has 0 spiro atoms. The fraction of sp³-hybridized carbons (Fsp3) is 0.150. The smallest absolute Gasteiger partial charge is 0.281 e. The molecule has 0 bridgehead atoms. The highest BCUT2D eigenvalue weighted by Crippen LogP contribution is 2.28. The Morgan fingerprint density at radius 2 is 1.80 bits per heavy atom. The van der Waals surface area contributed by atoms with Crippen molar-refractivity contribution in [2.75, 3.05) is 5.75 Å². The molecule has 25 heavy (non-hydrogen) atoms. The molecular formula is C20H17NO3S. The van der Waals surface area contributed by atoms with Gasteiger partial charge in [-0.3, -0.25) is 9.59 Å². The lowest BCUT2D eigenvalue weighted by Crippen LogP contribution is -2.15. The van der Waals surface area contributed by atoms with Crippen LogP contribution in [0.5, 0.6) is 0 Å². The number of thioether (sulfide) groups is 1. The van der Waals surface area contributed by atoms with Crippen molar-refractivity contribution in [3.8, 4) is 0 Å². The first-order chi connectivity index (χ1) is 12.0. The van der Waals surface area contributed by atoms with Gasteiger partial charge in [0.15, 0.2) is 5.78 Å². The number of allylic oxidation sites excluding steroid dienone is 1. The SMILES string of the molecule is Cc1ccc(C(=O)CSC2=NC(=O)C(c3ccccc3)=C(O)C2)cc1. The molecule has 0 aliphatic carbocycles. The van der Waals surface area contributed by atoms with Crippen LogP contribution in [-0.2, 0) is 4.79 Å². The van der Waals surface area contributed by atoms with Crippen LogP contribution in [-0.4, -0.2) is 27.6 Å². The monoisotopic (exact) mass is 351 g/mol. The predicted octanol–water partition coefficient (Wildman–Crippen LogP) is 4.21. The number of Topliss-reactive ketones (excluding diaryl/α,β-unsaturated/α-hetero) is 1. The Hall–Kier alpha value is -2.66. The van der Waals surface area contributed by atoms with Gasteiger partial charge in [-0.05, 0) is 12.5 Å².